The normalized spacial score (nSPS) is 26.3. The first-order valence-electron chi connectivity index (χ1n) is 8.52. The third kappa shape index (κ3) is 3.49. The number of hydrogen-bond acceptors (Lipinski definition) is 4. The molecule has 0 radical (unpaired) electrons. The van der Waals surface area contributed by atoms with Gasteiger partial charge in [0.25, 0.3) is 0 Å². The molecule has 1 spiro atoms. The van der Waals surface area contributed by atoms with E-state index in [9.17, 15) is 0 Å². The predicted octanol–water partition coefficient (Wildman–Crippen LogP) is 4.23. The van der Waals surface area contributed by atoms with E-state index in [1.807, 2.05) is 11.3 Å². The van der Waals surface area contributed by atoms with Crippen molar-refractivity contribution in [3.8, 4) is 0 Å². The molecule has 2 atom stereocenters. The molecule has 2 fully saturated rings. The van der Waals surface area contributed by atoms with Gasteiger partial charge in [-0.15, -0.1) is 11.3 Å². The van der Waals surface area contributed by atoms with Crippen LogP contribution in [-0.4, -0.2) is 23.7 Å². The quantitative estimate of drug-likeness (QED) is 0.884. The van der Waals surface area contributed by atoms with Crippen LogP contribution in [0.5, 0.6) is 0 Å². The van der Waals surface area contributed by atoms with E-state index < -0.39 is 0 Å². The van der Waals surface area contributed by atoms with E-state index in [1.165, 1.54) is 54.8 Å². The minimum atomic E-state index is 0.203. The summed E-state index contributed by atoms with van der Waals surface area (Å²) in [6.45, 7) is 6.37. The molecule has 2 unspecified atom stereocenters. The van der Waals surface area contributed by atoms with Crippen molar-refractivity contribution in [3.05, 3.63) is 16.1 Å². The Bertz CT molecular complexity index is 453. The van der Waals surface area contributed by atoms with E-state index in [-0.39, 0.29) is 5.60 Å². The molecule has 3 rings (SSSR count). The number of aromatic nitrogens is 1. The van der Waals surface area contributed by atoms with Crippen molar-refractivity contribution in [1.29, 1.82) is 0 Å². The van der Waals surface area contributed by atoms with E-state index in [0.29, 0.717) is 12.0 Å². The highest BCUT2D eigenvalue weighted by Crippen LogP contribution is 2.45. The summed E-state index contributed by atoms with van der Waals surface area (Å²) in [5, 5.41) is 4.97. The number of aryl methyl sites for hydroxylation is 1. The van der Waals surface area contributed by atoms with Gasteiger partial charge in [-0.1, -0.05) is 19.8 Å². The Kier molecular flexibility index (Phi) is 4.97. The van der Waals surface area contributed by atoms with Gasteiger partial charge >= 0.3 is 0 Å². The highest BCUT2D eigenvalue weighted by molar-refractivity contribution is 7.11. The van der Waals surface area contributed by atoms with Crippen LogP contribution in [0.1, 0.15) is 67.8 Å². The van der Waals surface area contributed by atoms with Gasteiger partial charge in [0.15, 0.2) is 0 Å². The highest BCUT2D eigenvalue weighted by Gasteiger charge is 2.42. The Morgan fingerprint density at radius 3 is 2.95 bits per heavy atom. The zero-order valence-corrected chi connectivity index (χ0v) is 14.2. The van der Waals surface area contributed by atoms with Crippen LogP contribution in [0.15, 0.2) is 6.20 Å². The smallest absolute Gasteiger partial charge is 0.0897 e. The van der Waals surface area contributed by atoms with Crippen LogP contribution < -0.4 is 5.32 Å². The molecule has 1 saturated heterocycles. The largest absolute Gasteiger partial charge is 0.375 e. The summed E-state index contributed by atoms with van der Waals surface area (Å²) in [5.74, 6) is 0.697. The summed E-state index contributed by atoms with van der Waals surface area (Å²) in [5.41, 5.74) is 0.203. The minimum Gasteiger partial charge on any atom is -0.375 e. The third-order valence-electron chi connectivity index (χ3n) is 5.08. The molecule has 1 aliphatic heterocycles. The van der Waals surface area contributed by atoms with Crippen LogP contribution in [0.4, 0.5) is 0 Å². The minimum absolute atomic E-state index is 0.203. The molecule has 2 heterocycles. The molecule has 1 aliphatic carbocycles. The Morgan fingerprint density at radius 1 is 1.48 bits per heavy atom. The average molecular weight is 308 g/mol. The summed E-state index contributed by atoms with van der Waals surface area (Å²) in [6, 6.07) is 0.470. The van der Waals surface area contributed by atoms with Crippen molar-refractivity contribution in [3.63, 3.8) is 0 Å². The lowest BCUT2D eigenvalue weighted by atomic mass is 9.80. The standard InChI is InChI=1S/C17H28N2OS/c1-3-9-18-16(15-12-19-13(2)21-15)14-6-10-20-17(11-14)7-4-5-8-17/h12,14,16,18H,3-11H2,1-2H3. The van der Waals surface area contributed by atoms with Crippen molar-refractivity contribution >= 4 is 11.3 Å². The van der Waals surface area contributed by atoms with Gasteiger partial charge < -0.3 is 10.1 Å². The summed E-state index contributed by atoms with van der Waals surface area (Å²) in [6.07, 6.45) is 10.9. The second kappa shape index (κ2) is 6.76. The van der Waals surface area contributed by atoms with Crippen LogP contribution in [0.3, 0.4) is 0 Å². The molecule has 0 amide bonds. The fraction of sp³-hybridized carbons (Fsp3) is 0.824. The van der Waals surface area contributed by atoms with Crippen LogP contribution in [0, 0.1) is 12.8 Å². The van der Waals surface area contributed by atoms with E-state index in [2.05, 4.69) is 30.3 Å². The first-order valence-corrected chi connectivity index (χ1v) is 9.34. The molecule has 3 nitrogen and oxygen atoms in total. The molecular formula is C17H28N2OS. The maximum Gasteiger partial charge on any atom is 0.0897 e. The van der Waals surface area contributed by atoms with Crippen molar-refractivity contribution in [2.45, 2.75) is 70.4 Å². The average Bonchev–Trinajstić information content (AvgIpc) is 3.10. The van der Waals surface area contributed by atoms with Crippen LogP contribution in [-0.2, 0) is 4.74 Å². The lowest BCUT2D eigenvalue weighted by Crippen LogP contribution is -2.42. The topological polar surface area (TPSA) is 34.2 Å². The van der Waals surface area contributed by atoms with Gasteiger partial charge in [0.05, 0.1) is 10.6 Å². The van der Waals surface area contributed by atoms with Crippen LogP contribution in [0.25, 0.3) is 0 Å². The third-order valence-corrected chi connectivity index (χ3v) is 6.07. The second-order valence-electron chi connectivity index (χ2n) is 6.70. The Labute approximate surface area is 132 Å². The monoisotopic (exact) mass is 308 g/mol. The molecule has 1 aromatic rings. The summed E-state index contributed by atoms with van der Waals surface area (Å²) < 4.78 is 6.21. The molecule has 2 aliphatic rings. The number of ether oxygens (including phenoxy) is 1. The van der Waals surface area contributed by atoms with E-state index in [0.717, 1.165) is 13.2 Å². The van der Waals surface area contributed by atoms with Gasteiger partial charge in [0, 0.05) is 23.7 Å². The van der Waals surface area contributed by atoms with Crippen molar-refractivity contribution in [2.24, 2.45) is 5.92 Å². The zero-order chi connectivity index (χ0) is 14.7. The maximum atomic E-state index is 6.21. The molecule has 1 saturated carbocycles. The van der Waals surface area contributed by atoms with Gasteiger partial charge in [-0.25, -0.2) is 4.98 Å². The van der Waals surface area contributed by atoms with Gasteiger partial charge in [0.1, 0.15) is 0 Å². The summed E-state index contributed by atoms with van der Waals surface area (Å²) in [7, 11) is 0. The first-order chi connectivity index (χ1) is 10.2. The number of hydrogen-bond donors (Lipinski definition) is 1. The molecular weight excluding hydrogens is 280 g/mol. The van der Waals surface area contributed by atoms with Gasteiger partial charge in [-0.2, -0.15) is 0 Å². The predicted molar refractivity (Wildman–Crippen MR) is 87.8 cm³/mol. The van der Waals surface area contributed by atoms with Crippen molar-refractivity contribution < 1.29 is 4.74 Å². The van der Waals surface area contributed by atoms with Crippen LogP contribution in [0.2, 0.25) is 0 Å². The number of thiazole rings is 1. The molecule has 21 heavy (non-hydrogen) atoms. The Balaban J connectivity index is 1.75. The highest BCUT2D eigenvalue weighted by atomic mass is 32.1. The molecule has 0 bridgehead atoms. The van der Waals surface area contributed by atoms with Crippen molar-refractivity contribution in [2.75, 3.05) is 13.2 Å². The summed E-state index contributed by atoms with van der Waals surface area (Å²) in [4.78, 5) is 5.89. The molecule has 1 N–H and O–H groups in total. The first kappa shape index (κ1) is 15.4. The lowest BCUT2D eigenvalue weighted by molar-refractivity contribution is -0.0980. The lowest BCUT2D eigenvalue weighted by Gasteiger charge is -2.41. The van der Waals surface area contributed by atoms with E-state index in [4.69, 9.17) is 4.74 Å². The van der Waals surface area contributed by atoms with E-state index in [1.54, 1.807) is 0 Å². The Morgan fingerprint density at radius 2 is 2.29 bits per heavy atom. The number of rotatable bonds is 5. The fourth-order valence-corrected chi connectivity index (χ4v) is 4.99. The second-order valence-corrected chi connectivity index (χ2v) is 7.97. The molecule has 0 aromatic carbocycles. The zero-order valence-electron chi connectivity index (χ0n) is 13.4. The van der Waals surface area contributed by atoms with E-state index >= 15 is 0 Å². The Hall–Kier alpha value is -0.450. The number of nitrogens with zero attached hydrogens (tertiary/aromatic N) is 1. The molecule has 1 aromatic heterocycles. The fourth-order valence-electron chi connectivity index (χ4n) is 4.04. The van der Waals surface area contributed by atoms with Gasteiger partial charge in [-0.05, 0) is 51.5 Å². The van der Waals surface area contributed by atoms with Gasteiger partial charge in [-0.3, -0.25) is 0 Å². The molecule has 4 heteroatoms. The molecule has 118 valence electrons. The SMILES string of the molecule is CCCNC(c1cnc(C)s1)C1CCOC2(CCCC2)C1. The van der Waals surface area contributed by atoms with Crippen molar-refractivity contribution in [1.82, 2.24) is 10.3 Å². The summed E-state index contributed by atoms with van der Waals surface area (Å²) >= 11 is 1.86. The number of nitrogens with one attached hydrogen (secondary N) is 1. The van der Waals surface area contributed by atoms with Gasteiger partial charge in [0.2, 0.25) is 0 Å². The maximum absolute atomic E-state index is 6.21. The van der Waals surface area contributed by atoms with Crippen LogP contribution >= 0.6 is 11.3 Å².